The number of nitrogens with zero attached hydrogens (tertiary/aromatic N) is 1. The number of benzene rings is 2. The van der Waals surface area contributed by atoms with Gasteiger partial charge in [0.1, 0.15) is 18.9 Å². The molecule has 0 aromatic heterocycles. The van der Waals surface area contributed by atoms with Crippen molar-refractivity contribution in [3.05, 3.63) is 70.5 Å². The Balaban J connectivity index is 1.48. The van der Waals surface area contributed by atoms with Crippen molar-refractivity contribution in [2.45, 2.75) is 19.1 Å². The van der Waals surface area contributed by atoms with Gasteiger partial charge < -0.3 is 10.2 Å². The molecule has 0 radical (unpaired) electrons. The highest BCUT2D eigenvalue weighted by Crippen LogP contribution is 2.16. The third kappa shape index (κ3) is 3.64. The highest BCUT2D eigenvalue weighted by molar-refractivity contribution is 6.31. The second kappa shape index (κ2) is 6.90. The summed E-state index contributed by atoms with van der Waals surface area (Å²) in [6.07, 6.45) is 0.785. The van der Waals surface area contributed by atoms with E-state index in [2.05, 4.69) is 10.5 Å². The van der Waals surface area contributed by atoms with Crippen LogP contribution in [-0.4, -0.2) is 18.4 Å². The zero-order valence-corrected chi connectivity index (χ0v) is 12.8. The molecule has 1 heterocycles. The maximum Gasteiger partial charge on any atom is 0.181 e. The smallest absolute Gasteiger partial charge is 0.181 e. The monoisotopic (exact) mass is 319 g/mol. The van der Waals surface area contributed by atoms with Gasteiger partial charge in [-0.25, -0.2) is 4.39 Å². The van der Waals surface area contributed by atoms with Crippen molar-refractivity contribution in [3.8, 4) is 0 Å². The summed E-state index contributed by atoms with van der Waals surface area (Å²) in [4.78, 5) is 5.45. The number of hydrogen-bond donors (Lipinski definition) is 1. The minimum absolute atomic E-state index is 0.0440. The van der Waals surface area contributed by atoms with Crippen LogP contribution < -0.4 is 5.32 Å². The molecule has 0 unspecified atom stereocenters. The Morgan fingerprint density at radius 1 is 1.18 bits per heavy atom. The molecule has 2 aromatic carbocycles. The molecule has 3 nitrogen and oxygen atoms in total. The van der Waals surface area contributed by atoms with Crippen LogP contribution in [0.1, 0.15) is 17.5 Å². The summed E-state index contributed by atoms with van der Waals surface area (Å²) in [5, 5.41) is 7.06. The summed E-state index contributed by atoms with van der Waals surface area (Å²) in [5.74, 6) is -0.243. The molecule has 2 aromatic rings. The molecule has 0 saturated carbocycles. The SMILES string of the molecule is Fc1ccc(C2=NO[C@@H](C[NH2+]Cc3ccccc3Cl)C2)cc1. The molecule has 0 amide bonds. The van der Waals surface area contributed by atoms with Gasteiger partial charge in [-0.2, -0.15) is 0 Å². The van der Waals surface area contributed by atoms with Crippen LogP contribution in [0.15, 0.2) is 53.7 Å². The summed E-state index contributed by atoms with van der Waals surface area (Å²) in [6.45, 7) is 1.62. The fraction of sp³-hybridized carbons (Fsp3) is 0.235. The van der Waals surface area contributed by atoms with E-state index in [0.717, 1.165) is 41.4 Å². The number of hydrogen-bond acceptors (Lipinski definition) is 2. The minimum Gasteiger partial charge on any atom is -0.386 e. The lowest BCUT2D eigenvalue weighted by atomic mass is 10.1. The van der Waals surface area contributed by atoms with Gasteiger partial charge in [0.15, 0.2) is 6.10 Å². The van der Waals surface area contributed by atoms with Crippen LogP contribution in [0, 0.1) is 5.82 Å². The maximum absolute atomic E-state index is 12.9. The Kier molecular flexibility index (Phi) is 4.71. The van der Waals surface area contributed by atoms with Gasteiger partial charge in [0.25, 0.3) is 0 Å². The average molecular weight is 320 g/mol. The topological polar surface area (TPSA) is 38.2 Å². The minimum atomic E-state index is -0.243. The van der Waals surface area contributed by atoms with Crippen LogP contribution in [0.25, 0.3) is 0 Å². The largest absolute Gasteiger partial charge is 0.386 e. The van der Waals surface area contributed by atoms with Crippen molar-refractivity contribution < 1.29 is 14.5 Å². The van der Waals surface area contributed by atoms with E-state index >= 15 is 0 Å². The van der Waals surface area contributed by atoms with E-state index in [1.807, 2.05) is 24.3 Å². The first-order chi connectivity index (χ1) is 10.7. The van der Waals surface area contributed by atoms with Crippen LogP contribution >= 0.6 is 11.6 Å². The molecule has 0 spiro atoms. The summed E-state index contributed by atoms with van der Waals surface area (Å²) in [7, 11) is 0. The zero-order valence-electron chi connectivity index (χ0n) is 12.0. The Morgan fingerprint density at radius 2 is 1.95 bits per heavy atom. The number of quaternary nitrogens is 1. The second-order valence-corrected chi connectivity index (χ2v) is 5.70. The van der Waals surface area contributed by atoms with E-state index in [-0.39, 0.29) is 11.9 Å². The van der Waals surface area contributed by atoms with Gasteiger partial charge in [0.05, 0.1) is 5.71 Å². The lowest BCUT2D eigenvalue weighted by Gasteiger charge is -2.08. The lowest BCUT2D eigenvalue weighted by molar-refractivity contribution is -0.676. The third-order valence-electron chi connectivity index (χ3n) is 3.66. The summed E-state index contributed by atoms with van der Waals surface area (Å²) >= 11 is 6.13. The molecule has 1 aliphatic rings. The molecular formula is C17H17ClFN2O+. The number of rotatable bonds is 5. The van der Waals surface area contributed by atoms with Gasteiger partial charge >= 0.3 is 0 Å². The quantitative estimate of drug-likeness (QED) is 0.904. The van der Waals surface area contributed by atoms with Crippen LogP contribution in [0.4, 0.5) is 4.39 Å². The van der Waals surface area contributed by atoms with E-state index in [1.54, 1.807) is 12.1 Å². The molecule has 22 heavy (non-hydrogen) atoms. The molecule has 3 rings (SSSR count). The highest BCUT2D eigenvalue weighted by atomic mass is 35.5. The van der Waals surface area contributed by atoms with Gasteiger partial charge in [-0.1, -0.05) is 47.1 Å². The zero-order chi connectivity index (χ0) is 15.4. The molecule has 1 aliphatic heterocycles. The molecule has 0 bridgehead atoms. The van der Waals surface area contributed by atoms with Crippen LogP contribution in [0.5, 0.6) is 0 Å². The number of halogens is 2. The Morgan fingerprint density at radius 3 is 2.73 bits per heavy atom. The van der Waals surface area contributed by atoms with Crippen molar-refractivity contribution in [3.63, 3.8) is 0 Å². The predicted octanol–water partition coefficient (Wildman–Crippen LogP) is 2.74. The van der Waals surface area contributed by atoms with Crippen molar-refractivity contribution >= 4 is 17.3 Å². The molecule has 5 heteroatoms. The summed E-state index contributed by atoms with van der Waals surface area (Å²) in [6, 6.07) is 14.2. The first-order valence-corrected chi connectivity index (χ1v) is 7.64. The van der Waals surface area contributed by atoms with Crippen LogP contribution in [-0.2, 0) is 11.4 Å². The first kappa shape index (κ1) is 15.0. The van der Waals surface area contributed by atoms with Crippen molar-refractivity contribution in [2.75, 3.05) is 6.54 Å². The van der Waals surface area contributed by atoms with Crippen LogP contribution in [0.3, 0.4) is 0 Å². The predicted molar refractivity (Wildman–Crippen MR) is 84.4 cm³/mol. The van der Waals surface area contributed by atoms with E-state index in [0.29, 0.717) is 0 Å². The standard InChI is InChI=1S/C17H16ClFN2O/c18-16-4-2-1-3-13(16)10-20-11-15-9-17(21-22-15)12-5-7-14(19)8-6-12/h1-8,15,20H,9-11H2/p+1/t15-/m1/s1. The second-order valence-electron chi connectivity index (χ2n) is 5.30. The first-order valence-electron chi connectivity index (χ1n) is 7.26. The van der Waals surface area contributed by atoms with Crippen molar-refractivity contribution in [1.29, 1.82) is 0 Å². The fourth-order valence-electron chi connectivity index (χ4n) is 2.46. The normalized spacial score (nSPS) is 17.2. The van der Waals surface area contributed by atoms with Gasteiger partial charge in [0, 0.05) is 17.0 Å². The van der Waals surface area contributed by atoms with E-state index in [4.69, 9.17) is 16.4 Å². The van der Waals surface area contributed by atoms with Gasteiger partial charge in [0.2, 0.25) is 0 Å². The number of oxime groups is 1. The molecular weight excluding hydrogens is 303 g/mol. The maximum atomic E-state index is 12.9. The third-order valence-corrected chi connectivity index (χ3v) is 4.03. The van der Waals surface area contributed by atoms with Crippen LogP contribution in [0.2, 0.25) is 5.02 Å². The molecule has 0 saturated heterocycles. The number of nitrogens with two attached hydrogens (primary N) is 1. The molecule has 114 valence electrons. The van der Waals surface area contributed by atoms with Gasteiger partial charge in [-0.05, 0) is 23.8 Å². The van der Waals surface area contributed by atoms with Crippen molar-refractivity contribution in [2.24, 2.45) is 5.16 Å². The Bertz CT molecular complexity index is 673. The summed E-state index contributed by atoms with van der Waals surface area (Å²) < 4.78 is 12.9. The van der Waals surface area contributed by atoms with Gasteiger partial charge in [-0.15, -0.1) is 0 Å². The summed E-state index contributed by atoms with van der Waals surface area (Å²) in [5.41, 5.74) is 2.90. The highest BCUT2D eigenvalue weighted by Gasteiger charge is 2.23. The molecule has 0 aliphatic carbocycles. The molecule has 2 N–H and O–H groups in total. The van der Waals surface area contributed by atoms with Crippen molar-refractivity contribution in [1.82, 2.24) is 0 Å². The lowest BCUT2D eigenvalue weighted by Crippen LogP contribution is -2.84. The molecule has 0 fully saturated rings. The van der Waals surface area contributed by atoms with E-state index < -0.39 is 0 Å². The average Bonchev–Trinajstić information content (AvgIpc) is 2.99. The fourth-order valence-corrected chi connectivity index (χ4v) is 2.67. The van der Waals surface area contributed by atoms with Gasteiger partial charge in [-0.3, -0.25) is 0 Å². The Hall–Kier alpha value is -1.91. The van der Waals surface area contributed by atoms with E-state index in [9.17, 15) is 4.39 Å². The molecule has 1 atom stereocenters. The van der Waals surface area contributed by atoms with E-state index in [1.165, 1.54) is 12.1 Å². The Labute approximate surface area is 133 Å².